The molecule has 2 aromatic carbocycles. The Hall–Kier alpha value is -2.98. The summed E-state index contributed by atoms with van der Waals surface area (Å²) < 4.78 is 97.6. The molecule has 2 aromatic rings. The van der Waals surface area contributed by atoms with Gasteiger partial charge in [0.05, 0.1) is 0 Å². The van der Waals surface area contributed by atoms with Crippen LogP contribution in [0, 0.1) is 46.5 Å². The number of hydrogen-bond acceptors (Lipinski definition) is 7. The predicted molar refractivity (Wildman–Crippen MR) is 71.6 cm³/mol. The van der Waals surface area contributed by atoms with Crippen LogP contribution in [0.15, 0.2) is 0 Å². The molecule has 0 radical (unpaired) electrons. The third kappa shape index (κ3) is 5.51. The van der Waals surface area contributed by atoms with Gasteiger partial charge in [0.15, 0.2) is 0 Å². The number of phenols is 4. The van der Waals surface area contributed by atoms with Crippen molar-refractivity contribution < 1.29 is 70.6 Å². The molecule has 156 valence electrons. The van der Waals surface area contributed by atoms with Gasteiger partial charge in [-0.2, -0.15) is 17.6 Å². The molecule has 0 heterocycles. The maximum Gasteiger partial charge on any atom is 0.631 e. The topological polar surface area (TPSA) is 142 Å². The van der Waals surface area contributed by atoms with Gasteiger partial charge >= 0.3 is 7.32 Å². The summed E-state index contributed by atoms with van der Waals surface area (Å²) in [5.41, 5.74) is 0. The van der Waals surface area contributed by atoms with Gasteiger partial charge in [0.2, 0.25) is 69.5 Å². The van der Waals surface area contributed by atoms with E-state index in [4.69, 9.17) is 35.5 Å². The van der Waals surface area contributed by atoms with Crippen molar-refractivity contribution in [2.75, 3.05) is 0 Å². The van der Waals surface area contributed by atoms with Crippen LogP contribution in [-0.2, 0) is 0 Å². The quantitative estimate of drug-likeness (QED) is 0.111. The smallest absolute Gasteiger partial charge is 0.502 e. The molecule has 0 saturated carbocycles. The lowest BCUT2D eigenvalue weighted by Gasteiger charge is -2.02. The molecule has 0 aliphatic carbocycles. The highest BCUT2D eigenvalue weighted by atomic mass is 19.2. The molecule has 28 heavy (non-hydrogen) atoms. The Morgan fingerprint density at radius 3 is 0.571 bits per heavy atom. The first-order valence-electron chi connectivity index (χ1n) is 6.18. The summed E-state index contributed by atoms with van der Waals surface area (Å²) >= 11 is 0. The van der Waals surface area contributed by atoms with Crippen LogP contribution in [0.25, 0.3) is 0 Å². The van der Waals surface area contributed by atoms with Gasteiger partial charge in [-0.15, -0.1) is 0 Å². The molecular weight excluding hydrogens is 419 g/mol. The second-order valence-electron chi connectivity index (χ2n) is 4.25. The van der Waals surface area contributed by atoms with Crippen molar-refractivity contribution in [2.45, 2.75) is 0 Å². The summed E-state index contributed by atoms with van der Waals surface area (Å²) in [5, 5.41) is 55.2. The summed E-state index contributed by atoms with van der Waals surface area (Å²) in [6.45, 7) is 0. The Balaban J connectivity index is 0.000000439. The van der Waals surface area contributed by atoms with E-state index in [1.807, 2.05) is 0 Å². The van der Waals surface area contributed by atoms with E-state index in [1.165, 1.54) is 0 Å². The van der Waals surface area contributed by atoms with Crippen LogP contribution >= 0.6 is 0 Å². The Bertz CT molecular complexity index is 585. The zero-order chi connectivity index (χ0) is 22.5. The monoisotopic (exact) mass is 426 g/mol. The van der Waals surface area contributed by atoms with Crippen LogP contribution in [-0.4, -0.2) is 42.8 Å². The molecule has 0 amide bonds. The van der Waals surface area contributed by atoms with E-state index >= 15 is 0 Å². The summed E-state index contributed by atoms with van der Waals surface area (Å²) in [5.74, 6) is -23.3. The first-order valence-corrected chi connectivity index (χ1v) is 6.18. The fourth-order valence-corrected chi connectivity index (χ4v) is 1.22. The number of aromatic hydroxyl groups is 4. The van der Waals surface area contributed by atoms with Crippen LogP contribution in [0.1, 0.15) is 0 Å². The van der Waals surface area contributed by atoms with E-state index in [2.05, 4.69) is 0 Å². The van der Waals surface area contributed by atoms with Crippen LogP contribution in [0.2, 0.25) is 0 Å². The SMILES string of the molecule is OB(O)O.Oc1c(O)c(F)c(F)c(F)c1F.Oc1c(O)c(F)c(F)c(F)c1F. The van der Waals surface area contributed by atoms with E-state index < -0.39 is 76.9 Å². The van der Waals surface area contributed by atoms with Gasteiger partial charge in [-0.05, 0) is 0 Å². The highest BCUT2D eigenvalue weighted by molar-refractivity contribution is 6.30. The lowest BCUT2D eigenvalue weighted by molar-refractivity contribution is 0.278. The molecule has 7 nitrogen and oxygen atoms in total. The molecule has 0 unspecified atom stereocenters. The fraction of sp³-hybridized carbons (Fsp3) is 0. The average molecular weight is 426 g/mol. The largest absolute Gasteiger partial charge is 0.631 e. The second kappa shape index (κ2) is 9.81. The summed E-state index contributed by atoms with van der Waals surface area (Å²) in [4.78, 5) is 0. The second-order valence-corrected chi connectivity index (χ2v) is 4.25. The van der Waals surface area contributed by atoms with Gasteiger partial charge in [-0.25, -0.2) is 17.6 Å². The van der Waals surface area contributed by atoms with E-state index in [0.717, 1.165) is 0 Å². The van der Waals surface area contributed by atoms with Crippen molar-refractivity contribution in [1.82, 2.24) is 0 Å². The molecule has 16 heteroatoms. The minimum atomic E-state index is -2.17. The van der Waals surface area contributed by atoms with Gasteiger partial charge < -0.3 is 35.5 Å². The van der Waals surface area contributed by atoms with Gasteiger partial charge in [0.25, 0.3) is 0 Å². The third-order valence-electron chi connectivity index (χ3n) is 2.44. The van der Waals surface area contributed by atoms with Crippen LogP contribution in [0.3, 0.4) is 0 Å². The maximum atomic E-state index is 12.2. The first kappa shape index (κ1) is 25.0. The van der Waals surface area contributed by atoms with E-state index in [1.54, 1.807) is 0 Å². The predicted octanol–water partition coefficient (Wildman–Crippen LogP) is 1.26. The van der Waals surface area contributed by atoms with E-state index in [9.17, 15) is 35.1 Å². The molecule has 0 fully saturated rings. The highest BCUT2D eigenvalue weighted by Crippen LogP contribution is 2.35. The van der Waals surface area contributed by atoms with Crippen molar-refractivity contribution in [3.05, 3.63) is 46.5 Å². The van der Waals surface area contributed by atoms with Crippen molar-refractivity contribution in [2.24, 2.45) is 0 Å². The zero-order valence-corrected chi connectivity index (χ0v) is 12.7. The number of hydrogen-bond donors (Lipinski definition) is 7. The Morgan fingerprint density at radius 2 is 0.464 bits per heavy atom. The number of phenolic OH excluding ortho intramolecular Hbond substituents is 4. The van der Waals surface area contributed by atoms with Crippen molar-refractivity contribution in [1.29, 1.82) is 0 Å². The molecular formula is C12H7BF8O7. The molecule has 0 saturated heterocycles. The zero-order valence-electron chi connectivity index (χ0n) is 12.7. The Labute approximate surface area is 148 Å². The van der Waals surface area contributed by atoms with E-state index in [0.29, 0.717) is 0 Å². The molecule has 0 atom stereocenters. The average Bonchev–Trinajstić information content (AvgIpc) is 2.64. The Kier molecular flexibility index (Phi) is 8.77. The van der Waals surface area contributed by atoms with Gasteiger partial charge in [-0.3, -0.25) is 0 Å². The molecule has 0 spiro atoms. The number of halogens is 8. The molecule has 0 aliphatic rings. The van der Waals surface area contributed by atoms with Crippen molar-refractivity contribution in [3.8, 4) is 23.0 Å². The van der Waals surface area contributed by atoms with Gasteiger partial charge in [-0.1, -0.05) is 0 Å². The van der Waals surface area contributed by atoms with Crippen LogP contribution in [0.5, 0.6) is 23.0 Å². The number of rotatable bonds is 0. The summed E-state index contributed by atoms with van der Waals surface area (Å²) in [6, 6.07) is 0. The minimum Gasteiger partial charge on any atom is -0.502 e. The maximum absolute atomic E-state index is 12.2. The first-order chi connectivity index (χ1) is 12.7. The normalized spacial score (nSPS) is 9.82. The summed E-state index contributed by atoms with van der Waals surface area (Å²) in [6.07, 6.45) is 0. The standard InChI is InChI=1S/2C6H2F4O2.BH3O3/c2*7-1-2(8)4(10)6(12)5(11)3(1)9;2-1(3)4/h2*11-12H;2-4H. The molecule has 0 aromatic heterocycles. The number of benzene rings is 2. The lowest BCUT2D eigenvalue weighted by Crippen LogP contribution is -2.07. The lowest BCUT2D eigenvalue weighted by atomic mass is 10.2. The van der Waals surface area contributed by atoms with Crippen LogP contribution < -0.4 is 0 Å². The third-order valence-corrected chi connectivity index (χ3v) is 2.44. The molecule has 0 bridgehead atoms. The van der Waals surface area contributed by atoms with E-state index in [-0.39, 0.29) is 0 Å². The minimum absolute atomic E-state index is 1.65. The Morgan fingerprint density at radius 1 is 0.357 bits per heavy atom. The van der Waals surface area contributed by atoms with Crippen molar-refractivity contribution >= 4 is 7.32 Å². The van der Waals surface area contributed by atoms with Gasteiger partial charge in [0, 0.05) is 0 Å². The molecule has 2 rings (SSSR count). The summed E-state index contributed by atoms with van der Waals surface area (Å²) in [7, 11) is -2.17. The molecule has 7 N–H and O–H groups in total. The van der Waals surface area contributed by atoms with Crippen LogP contribution in [0.4, 0.5) is 35.1 Å². The fourth-order valence-electron chi connectivity index (χ4n) is 1.22. The highest BCUT2D eigenvalue weighted by Gasteiger charge is 2.25. The van der Waals surface area contributed by atoms with Crippen molar-refractivity contribution in [3.63, 3.8) is 0 Å². The molecule has 0 aliphatic heterocycles. The van der Waals surface area contributed by atoms with Gasteiger partial charge in [0.1, 0.15) is 0 Å².